The number of benzene rings is 1. The van der Waals surface area contributed by atoms with E-state index in [1.165, 1.54) is 4.90 Å². The van der Waals surface area contributed by atoms with Crippen molar-refractivity contribution >= 4 is 11.8 Å². The maximum absolute atomic E-state index is 9.49. The van der Waals surface area contributed by atoms with Crippen LogP contribution in [0.5, 0.6) is 0 Å². The molecule has 5 nitrogen and oxygen atoms in total. The molecule has 0 radical (unpaired) electrons. The number of nitrogens with one attached hydrogen (secondary N) is 1. The molecule has 0 unspecified atom stereocenters. The molecular weight excluding hydrogens is 262 g/mol. The van der Waals surface area contributed by atoms with E-state index in [2.05, 4.69) is 15.5 Å². The number of β-amino-alcohol motifs (C(OH)–C–C–N with tert-alkyl or cyclic N) is 1. The number of hydrogen-bond donors (Lipinski definition) is 2. The van der Waals surface area contributed by atoms with Gasteiger partial charge in [0.2, 0.25) is 11.7 Å². The minimum absolute atomic E-state index is 0.0401. The predicted octanol–water partition coefficient (Wildman–Crippen LogP) is 1.85. The van der Waals surface area contributed by atoms with Crippen LogP contribution in [0.25, 0.3) is 11.4 Å². The molecule has 2 N–H and O–H groups in total. The number of rotatable bonds is 3. The van der Waals surface area contributed by atoms with Gasteiger partial charge in [-0.2, -0.15) is 4.98 Å². The lowest BCUT2D eigenvalue weighted by Crippen LogP contribution is -2.15. The molecule has 1 saturated heterocycles. The highest BCUT2D eigenvalue weighted by Gasteiger charge is 2.28. The van der Waals surface area contributed by atoms with Gasteiger partial charge < -0.3 is 14.9 Å². The van der Waals surface area contributed by atoms with Gasteiger partial charge in [-0.05, 0) is 36.9 Å². The van der Waals surface area contributed by atoms with Gasteiger partial charge in [-0.15, -0.1) is 11.8 Å². The lowest BCUT2D eigenvalue weighted by molar-refractivity contribution is 0.191. The number of aliphatic hydroxyl groups excluding tert-OH is 1. The summed E-state index contributed by atoms with van der Waals surface area (Å²) in [6, 6.07) is 8.00. The summed E-state index contributed by atoms with van der Waals surface area (Å²) in [6.45, 7) is 0.574. The van der Waals surface area contributed by atoms with Gasteiger partial charge in [-0.25, -0.2) is 0 Å². The Morgan fingerprint density at radius 2 is 2.16 bits per heavy atom. The van der Waals surface area contributed by atoms with Crippen LogP contribution in [0.3, 0.4) is 0 Å². The first-order valence-electron chi connectivity index (χ1n) is 6.16. The molecule has 0 aliphatic carbocycles. The minimum Gasteiger partial charge on any atom is -0.392 e. The summed E-state index contributed by atoms with van der Waals surface area (Å²) in [7, 11) is 0. The van der Waals surface area contributed by atoms with E-state index in [1.54, 1.807) is 11.8 Å². The van der Waals surface area contributed by atoms with Gasteiger partial charge in [-0.3, -0.25) is 0 Å². The average molecular weight is 277 g/mol. The van der Waals surface area contributed by atoms with Crippen molar-refractivity contribution in [3.63, 3.8) is 0 Å². The fraction of sp³-hybridized carbons (Fsp3) is 0.385. The summed E-state index contributed by atoms with van der Waals surface area (Å²) in [5.41, 5.74) is 0.936. The molecule has 0 saturated carbocycles. The smallest absolute Gasteiger partial charge is 0.244 e. The summed E-state index contributed by atoms with van der Waals surface area (Å²) in [4.78, 5) is 5.60. The van der Waals surface area contributed by atoms with Gasteiger partial charge in [0.15, 0.2) is 0 Å². The summed E-state index contributed by atoms with van der Waals surface area (Å²) in [5.74, 6) is 1.13. The van der Waals surface area contributed by atoms with Crippen molar-refractivity contribution in [2.24, 2.45) is 0 Å². The van der Waals surface area contributed by atoms with E-state index >= 15 is 0 Å². The maximum Gasteiger partial charge on any atom is 0.244 e. The van der Waals surface area contributed by atoms with Gasteiger partial charge in [0.25, 0.3) is 0 Å². The number of aliphatic hydroxyl groups is 1. The number of hydrogen-bond acceptors (Lipinski definition) is 6. The second-order valence-corrected chi connectivity index (χ2v) is 5.41. The van der Waals surface area contributed by atoms with E-state index < -0.39 is 0 Å². The Hall–Kier alpha value is -1.37. The molecule has 2 aromatic rings. The molecular formula is C13H15N3O2S. The fourth-order valence-electron chi connectivity index (χ4n) is 2.14. The van der Waals surface area contributed by atoms with E-state index in [4.69, 9.17) is 4.52 Å². The molecule has 0 spiro atoms. The van der Waals surface area contributed by atoms with Crippen LogP contribution in [0.4, 0.5) is 0 Å². The molecule has 1 aromatic carbocycles. The summed E-state index contributed by atoms with van der Waals surface area (Å²) in [6.07, 6.45) is 2.33. The Morgan fingerprint density at radius 3 is 2.79 bits per heavy atom. The van der Waals surface area contributed by atoms with E-state index in [0.29, 0.717) is 24.7 Å². The maximum atomic E-state index is 9.49. The molecule has 2 atom stereocenters. The van der Waals surface area contributed by atoms with Crippen molar-refractivity contribution in [2.45, 2.75) is 23.5 Å². The first kappa shape index (κ1) is 12.7. The van der Waals surface area contributed by atoms with Crippen LogP contribution in [-0.4, -0.2) is 34.2 Å². The number of aromatic nitrogens is 2. The molecule has 1 aromatic heterocycles. The Kier molecular flexibility index (Phi) is 3.54. The van der Waals surface area contributed by atoms with Crippen molar-refractivity contribution in [2.75, 3.05) is 12.8 Å². The Balaban J connectivity index is 1.80. The van der Waals surface area contributed by atoms with Crippen LogP contribution in [0.2, 0.25) is 0 Å². The predicted molar refractivity (Wildman–Crippen MR) is 72.9 cm³/mol. The standard InChI is InChI=1S/C13H15N3O2S/c1-19-10-4-2-8(3-5-10)12-15-13(18-16-12)11-6-9(17)7-14-11/h2-5,9,11,14,17H,6-7H2,1H3/t9-,11-/m1/s1. The highest BCUT2D eigenvalue weighted by Crippen LogP contribution is 2.25. The summed E-state index contributed by atoms with van der Waals surface area (Å²) in [5, 5.41) is 16.6. The molecule has 0 bridgehead atoms. The van der Waals surface area contributed by atoms with Crippen molar-refractivity contribution in [3.05, 3.63) is 30.2 Å². The Morgan fingerprint density at radius 1 is 1.37 bits per heavy atom. The SMILES string of the molecule is CSc1ccc(-c2noc([C@H]3C[C@@H](O)CN3)n2)cc1. The fourth-order valence-corrected chi connectivity index (χ4v) is 2.55. The summed E-state index contributed by atoms with van der Waals surface area (Å²) < 4.78 is 5.27. The minimum atomic E-state index is -0.332. The zero-order chi connectivity index (χ0) is 13.2. The molecule has 100 valence electrons. The third-order valence-corrected chi connectivity index (χ3v) is 3.94. The summed E-state index contributed by atoms with van der Waals surface area (Å²) >= 11 is 1.70. The molecule has 0 amide bonds. The zero-order valence-electron chi connectivity index (χ0n) is 10.5. The molecule has 1 fully saturated rings. The van der Waals surface area contributed by atoms with E-state index in [9.17, 15) is 5.11 Å². The molecule has 3 rings (SSSR count). The molecule has 6 heteroatoms. The molecule has 19 heavy (non-hydrogen) atoms. The first-order chi connectivity index (χ1) is 9.26. The second-order valence-electron chi connectivity index (χ2n) is 4.54. The lowest BCUT2D eigenvalue weighted by atomic mass is 10.2. The second kappa shape index (κ2) is 5.32. The van der Waals surface area contributed by atoms with Crippen LogP contribution in [-0.2, 0) is 0 Å². The Bertz CT molecular complexity index is 555. The van der Waals surface area contributed by atoms with Crippen molar-refractivity contribution in [3.8, 4) is 11.4 Å². The average Bonchev–Trinajstić information content (AvgIpc) is 3.07. The van der Waals surface area contributed by atoms with Crippen LogP contribution < -0.4 is 5.32 Å². The van der Waals surface area contributed by atoms with E-state index in [1.807, 2.05) is 30.5 Å². The molecule has 1 aliphatic rings. The van der Waals surface area contributed by atoms with Crippen molar-refractivity contribution < 1.29 is 9.63 Å². The molecule has 2 heterocycles. The zero-order valence-corrected chi connectivity index (χ0v) is 11.4. The van der Waals surface area contributed by atoms with Gasteiger partial charge >= 0.3 is 0 Å². The van der Waals surface area contributed by atoms with Crippen molar-refractivity contribution in [1.29, 1.82) is 0 Å². The van der Waals surface area contributed by atoms with Gasteiger partial charge in [0.05, 0.1) is 12.1 Å². The Labute approximate surface area is 115 Å². The van der Waals surface area contributed by atoms with Gasteiger partial charge in [-0.1, -0.05) is 5.16 Å². The normalized spacial score (nSPS) is 22.8. The lowest BCUT2D eigenvalue weighted by Gasteiger charge is -2.01. The highest BCUT2D eigenvalue weighted by atomic mass is 32.2. The molecule has 1 aliphatic heterocycles. The van der Waals surface area contributed by atoms with Crippen LogP contribution >= 0.6 is 11.8 Å². The number of nitrogens with zero attached hydrogens (tertiary/aromatic N) is 2. The largest absolute Gasteiger partial charge is 0.392 e. The van der Waals surface area contributed by atoms with Crippen LogP contribution in [0.1, 0.15) is 18.4 Å². The van der Waals surface area contributed by atoms with Crippen molar-refractivity contribution in [1.82, 2.24) is 15.5 Å². The van der Waals surface area contributed by atoms with E-state index in [-0.39, 0.29) is 12.1 Å². The third-order valence-electron chi connectivity index (χ3n) is 3.20. The van der Waals surface area contributed by atoms with Crippen LogP contribution in [0, 0.1) is 0 Å². The first-order valence-corrected chi connectivity index (χ1v) is 7.38. The third kappa shape index (κ3) is 2.65. The van der Waals surface area contributed by atoms with Gasteiger partial charge in [0.1, 0.15) is 0 Å². The van der Waals surface area contributed by atoms with Crippen LogP contribution in [0.15, 0.2) is 33.7 Å². The highest BCUT2D eigenvalue weighted by molar-refractivity contribution is 7.98. The van der Waals surface area contributed by atoms with Gasteiger partial charge in [0, 0.05) is 17.0 Å². The number of thioether (sulfide) groups is 1. The van der Waals surface area contributed by atoms with E-state index in [0.717, 1.165) is 5.56 Å². The monoisotopic (exact) mass is 277 g/mol. The quantitative estimate of drug-likeness (QED) is 0.834. The topological polar surface area (TPSA) is 71.2 Å².